The third-order valence-electron chi connectivity index (χ3n) is 8.42. The Kier molecular flexibility index (Phi) is 7.10. The number of carbonyl (C=O) groups excluding carboxylic acids is 1. The summed E-state index contributed by atoms with van der Waals surface area (Å²) in [6.07, 6.45) is 11.4. The molecular formula is C30H32N8O2S. The molecule has 3 aliphatic rings. The van der Waals surface area contributed by atoms with Gasteiger partial charge in [0.15, 0.2) is 5.01 Å². The molecule has 1 saturated heterocycles. The van der Waals surface area contributed by atoms with Gasteiger partial charge in [0.05, 0.1) is 34.2 Å². The highest BCUT2D eigenvalue weighted by atomic mass is 32.1. The first kappa shape index (κ1) is 26.0. The first-order valence-electron chi connectivity index (χ1n) is 14.5. The van der Waals surface area contributed by atoms with Crippen molar-refractivity contribution in [1.82, 2.24) is 30.1 Å². The average Bonchev–Trinajstić information content (AvgIpc) is 3.61. The van der Waals surface area contributed by atoms with Crippen molar-refractivity contribution in [2.24, 2.45) is 5.92 Å². The predicted molar refractivity (Wildman–Crippen MR) is 155 cm³/mol. The zero-order valence-electron chi connectivity index (χ0n) is 22.8. The number of hydrogen-bond acceptors (Lipinski definition) is 9. The van der Waals surface area contributed by atoms with E-state index >= 15 is 0 Å². The molecule has 210 valence electrons. The molecule has 5 heterocycles. The third kappa shape index (κ3) is 5.54. The molecule has 1 amide bonds. The Labute approximate surface area is 242 Å². The summed E-state index contributed by atoms with van der Waals surface area (Å²) in [7, 11) is 0. The number of hydrogen-bond donors (Lipinski definition) is 2. The summed E-state index contributed by atoms with van der Waals surface area (Å²) in [6, 6.07) is 10.6. The second-order valence-electron chi connectivity index (χ2n) is 11.3. The van der Waals surface area contributed by atoms with Crippen LogP contribution in [-0.4, -0.2) is 56.0 Å². The zero-order valence-corrected chi connectivity index (χ0v) is 23.6. The van der Waals surface area contributed by atoms with Crippen LogP contribution in [0.2, 0.25) is 0 Å². The maximum atomic E-state index is 12.2. The van der Waals surface area contributed by atoms with Crippen LogP contribution in [0.1, 0.15) is 67.9 Å². The monoisotopic (exact) mass is 568 g/mol. The van der Waals surface area contributed by atoms with Gasteiger partial charge in [-0.05, 0) is 75.6 Å². The zero-order chi connectivity index (χ0) is 27.8. The molecule has 1 aliphatic heterocycles. The topological polar surface area (TPSA) is 130 Å². The largest absolute Gasteiger partial charge is 0.381 e. The summed E-state index contributed by atoms with van der Waals surface area (Å²) in [4.78, 5) is 17.0. The molecule has 41 heavy (non-hydrogen) atoms. The van der Waals surface area contributed by atoms with E-state index in [1.807, 2.05) is 28.9 Å². The minimum absolute atomic E-state index is 0.239. The summed E-state index contributed by atoms with van der Waals surface area (Å²) < 4.78 is 7.40. The van der Waals surface area contributed by atoms with Gasteiger partial charge >= 0.3 is 0 Å². The molecule has 0 aromatic carbocycles. The van der Waals surface area contributed by atoms with E-state index in [1.165, 1.54) is 0 Å². The van der Waals surface area contributed by atoms with Crippen LogP contribution >= 0.6 is 11.3 Å². The number of nitrogens with zero attached hydrogens (tertiary/aromatic N) is 6. The number of anilines is 1. The molecule has 0 spiro atoms. The molecule has 0 radical (unpaired) electrons. The molecule has 0 unspecified atom stereocenters. The summed E-state index contributed by atoms with van der Waals surface area (Å²) >= 11 is 1.65. The van der Waals surface area contributed by atoms with Crippen molar-refractivity contribution >= 4 is 28.4 Å². The number of nitrogens with one attached hydrogen (secondary N) is 2. The molecule has 0 bridgehead atoms. The molecule has 4 aromatic rings. The molecule has 10 nitrogen and oxygen atoms in total. The van der Waals surface area contributed by atoms with Crippen molar-refractivity contribution in [3.8, 4) is 28.0 Å². The summed E-state index contributed by atoms with van der Waals surface area (Å²) in [5.41, 5.74) is 4.93. The minimum Gasteiger partial charge on any atom is -0.381 e. The SMILES string of the molecule is N#Cc1cnn2c(-c3cc(NC4CCOCC4)c(-c4nnc([C@H]5CC[C@H](NC(=O)C6CC6)CC5)s4)cn3)ccc2c1. The van der Waals surface area contributed by atoms with Gasteiger partial charge in [0.1, 0.15) is 11.1 Å². The van der Waals surface area contributed by atoms with E-state index in [9.17, 15) is 10.1 Å². The molecule has 7 rings (SSSR count). The van der Waals surface area contributed by atoms with E-state index < -0.39 is 0 Å². The first-order chi connectivity index (χ1) is 20.1. The standard InChI is InChI=1S/C30H32N8O2S/c31-15-18-13-23-7-8-27(38(23)33-16-18)26-14-25(34-22-9-11-40-12-10-22)24(17-32-26)30-37-36-29(41-30)20-3-5-21(6-4-20)35-28(39)19-1-2-19/h7-8,13-14,16-17,19-22H,1-6,9-12H2,(H,32,34)(H,35,39)/t20-,21-. The second kappa shape index (κ2) is 11.2. The van der Waals surface area contributed by atoms with Crippen molar-refractivity contribution in [3.63, 3.8) is 0 Å². The van der Waals surface area contributed by atoms with Crippen LogP contribution in [0.4, 0.5) is 5.69 Å². The maximum absolute atomic E-state index is 12.2. The lowest BCUT2D eigenvalue weighted by Gasteiger charge is -2.27. The number of aromatic nitrogens is 5. The van der Waals surface area contributed by atoms with E-state index in [2.05, 4.69) is 38.1 Å². The summed E-state index contributed by atoms with van der Waals surface area (Å²) in [6.45, 7) is 1.48. The maximum Gasteiger partial charge on any atom is 0.223 e. The van der Waals surface area contributed by atoms with Crippen molar-refractivity contribution in [3.05, 3.63) is 47.2 Å². The van der Waals surface area contributed by atoms with Crippen LogP contribution in [0, 0.1) is 17.2 Å². The van der Waals surface area contributed by atoms with Gasteiger partial charge in [-0.3, -0.25) is 9.78 Å². The van der Waals surface area contributed by atoms with Gasteiger partial charge in [0.2, 0.25) is 5.91 Å². The smallest absolute Gasteiger partial charge is 0.223 e. The molecule has 2 saturated carbocycles. The van der Waals surface area contributed by atoms with Crippen molar-refractivity contribution in [2.45, 2.75) is 69.4 Å². The van der Waals surface area contributed by atoms with E-state index in [0.717, 1.165) is 103 Å². The number of ether oxygens (including phenoxy) is 1. The highest BCUT2D eigenvalue weighted by molar-refractivity contribution is 7.14. The fraction of sp³-hybridized carbons (Fsp3) is 0.467. The van der Waals surface area contributed by atoms with Crippen molar-refractivity contribution in [1.29, 1.82) is 5.26 Å². The fourth-order valence-corrected chi connectivity index (χ4v) is 6.90. The Morgan fingerprint density at radius 2 is 1.83 bits per heavy atom. The highest BCUT2D eigenvalue weighted by Gasteiger charge is 2.33. The predicted octanol–water partition coefficient (Wildman–Crippen LogP) is 4.93. The van der Waals surface area contributed by atoms with Gasteiger partial charge < -0.3 is 15.4 Å². The molecule has 11 heteroatoms. The van der Waals surface area contributed by atoms with Crippen LogP contribution < -0.4 is 10.6 Å². The first-order valence-corrected chi connectivity index (χ1v) is 15.3. The summed E-state index contributed by atoms with van der Waals surface area (Å²) in [5, 5.41) is 31.9. The number of pyridine rings is 1. The Bertz CT molecular complexity index is 1610. The molecule has 3 fully saturated rings. The second-order valence-corrected chi connectivity index (χ2v) is 12.3. The summed E-state index contributed by atoms with van der Waals surface area (Å²) in [5.74, 6) is 0.861. The van der Waals surface area contributed by atoms with E-state index in [4.69, 9.17) is 9.72 Å². The number of nitriles is 1. The van der Waals surface area contributed by atoms with Crippen LogP contribution in [0.3, 0.4) is 0 Å². The Morgan fingerprint density at radius 1 is 1.00 bits per heavy atom. The van der Waals surface area contributed by atoms with Crippen LogP contribution in [-0.2, 0) is 9.53 Å². The fourth-order valence-electron chi connectivity index (χ4n) is 5.86. The van der Waals surface area contributed by atoms with E-state index in [-0.39, 0.29) is 17.9 Å². The number of fused-ring (bicyclic) bond motifs is 1. The molecule has 0 atom stereocenters. The normalized spacial score (nSPS) is 21.4. The van der Waals surface area contributed by atoms with E-state index in [1.54, 1.807) is 17.5 Å². The number of amides is 1. The van der Waals surface area contributed by atoms with Crippen molar-refractivity contribution in [2.75, 3.05) is 18.5 Å². The lowest BCUT2D eigenvalue weighted by atomic mass is 9.86. The van der Waals surface area contributed by atoms with Crippen LogP contribution in [0.5, 0.6) is 0 Å². The Balaban J connectivity index is 1.14. The van der Waals surface area contributed by atoms with E-state index in [0.29, 0.717) is 17.5 Å². The third-order valence-corrected chi connectivity index (χ3v) is 9.54. The van der Waals surface area contributed by atoms with Crippen molar-refractivity contribution < 1.29 is 9.53 Å². The quantitative estimate of drug-likeness (QED) is 0.321. The lowest BCUT2D eigenvalue weighted by molar-refractivity contribution is -0.123. The molecule has 4 aromatic heterocycles. The Hall–Kier alpha value is -3.88. The molecular weight excluding hydrogens is 536 g/mol. The molecule has 2 N–H and O–H groups in total. The number of carbonyl (C=O) groups is 1. The van der Waals surface area contributed by atoms with Gasteiger partial charge in [-0.1, -0.05) is 11.3 Å². The number of rotatable bonds is 7. The van der Waals surface area contributed by atoms with Gasteiger partial charge in [-0.15, -0.1) is 10.2 Å². The van der Waals surface area contributed by atoms with Gasteiger partial charge in [0, 0.05) is 49.0 Å². The van der Waals surface area contributed by atoms with Crippen LogP contribution in [0.25, 0.3) is 27.5 Å². The van der Waals surface area contributed by atoms with Gasteiger partial charge in [-0.2, -0.15) is 10.4 Å². The minimum atomic E-state index is 0.239. The van der Waals surface area contributed by atoms with Gasteiger partial charge in [0.25, 0.3) is 0 Å². The van der Waals surface area contributed by atoms with Gasteiger partial charge in [-0.25, -0.2) is 4.52 Å². The average molecular weight is 569 g/mol. The lowest BCUT2D eigenvalue weighted by Crippen LogP contribution is -2.38. The van der Waals surface area contributed by atoms with Crippen LogP contribution in [0.15, 0.2) is 36.7 Å². The Morgan fingerprint density at radius 3 is 2.61 bits per heavy atom. The molecule has 2 aliphatic carbocycles. The highest BCUT2D eigenvalue weighted by Crippen LogP contribution is 2.40.